The van der Waals surface area contributed by atoms with Gasteiger partial charge in [0.25, 0.3) is 0 Å². The Hall–Kier alpha value is -2.11. The number of likely N-dealkylation sites (tertiary alicyclic amines) is 1. The predicted octanol–water partition coefficient (Wildman–Crippen LogP) is 4.18. The molecule has 1 aliphatic heterocycles. The van der Waals surface area contributed by atoms with Crippen molar-refractivity contribution in [1.29, 1.82) is 5.26 Å². The Morgan fingerprint density at radius 3 is 2.61 bits per heavy atom. The monoisotopic (exact) mass is 302 g/mol. The Balaban J connectivity index is 1.59. The van der Waals surface area contributed by atoms with Gasteiger partial charge in [0.15, 0.2) is 0 Å². The van der Waals surface area contributed by atoms with Crippen molar-refractivity contribution >= 4 is 0 Å². The van der Waals surface area contributed by atoms with Gasteiger partial charge in [0.2, 0.25) is 0 Å². The molecule has 0 radical (unpaired) electrons. The van der Waals surface area contributed by atoms with E-state index in [0.717, 1.165) is 17.2 Å². The lowest BCUT2D eigenvalue weighted by Crippen LogP contribution is -2.37. The van der Waals surface area contributed by atoms with Gasteiger partial charge in [-0.25, -0.2) is 0 Å². The lowest BCUT2D eigenvalue weighted by molar-refractivity contribution is 0.222. The molecule has 4 rings (SSSR count). The Morgan fingerprint density at radius 1 is 0.957 bits per heavy atom. The molecule has 0 bridgehead atoms. The summed E-state index contributed by atoms with van der Waals surface area (Å²) in [7, 11) is 0. The summed E-state index contributed by atoms with van der Waals surface area (Å²) < 4.78 is 0. The van der Waals surface area contributed by atoms with E-state index in [1.54, 1.807) is 0 Å². The smallest absolute Gasteiger partial charge is 0.0991 e. The van der Waals surface area contributed by atoms with Crippen LogP contribution in [0.5, 0.6) is 0 Å². The van der Waals surface area contributed by atoms with Gasteiger partial charge < -0.3 is 4.90 Å². The van der Waals surface area contributed by atoms with E-state index in [1.807, 2.05) is 18.2 Å². The zero-order valence-corrected chi connectivity index (χ0v) is 13.5. The van der Waals surface area contributed by atoms with Crippen LogP contribution in [0.2, 0.25) is 0 Å². The van der Waals surface area contributed by atoms with E-state index >= 15 is 0 Å². The Kier molecular flexibility index (Phi) is 3.89. The van der Waals surface area contributed by atoms with Gasteiger partial charge in [-0.15, -0.1) is 0 Å². The van der Waals surface area contributed by atoms with Crippen molar-refractivity contribution < 1.29 is 0 Å². The van der Waals surface area contributed by atoms with Gasteiger partial charge in [-0.1, -0.05) is 30.3 Å². The first-order chi connectivity index (χ1) is 11.3. The fourth-order valence-electron chi connectivity index (χ4n) is 4.10. The normalized spacial score (nSPS) is 20.9. The second-order valence-corrected chi connectivity index (χ2v) is 6.82. The number of rotatable bonds is 2. The quantitative estimate of drug-likeness (QED) is 0.832. The summed E-state index contributed by atoms with van der Waals surface area (Å²) in [6.07, 6.45) is 6.42. The molecule has 1 unspecified atom stereocenters. The van der Waals surface area contributed by atoms with Gasteiger partial charge in [0.05, 0.1) is 11.6 Å². The molecule has 1 saturated heterocycles. The highest BCUT2D eigenvalue weighted by atomic mass is 15.2. The average molecular weight is 302 g/mol. The van der Waals surface area contributed by atoms with E-state index in [4.69, 9.17) is 5.26 Å². The molecule has 0 aromatic heterocycles. The first-order valence-electron chi connectivity index (χ1n) is 8.70. The largest absolute Gasteiger partial charge is 0.300 e. The summed E-state index contributed by atoms with van der Waals surface area (Å²) in [4.78, 5) is 2.69. The molecule has 2 aliphatic rings. The van der Waals surface area contributed by atoms with Crippen molar-refractivity contribution in [2.45, 2.75) is 38.1 Å². The number of hydrogen-bond donors (Lipinski definition) is 0. The molecule has 0 amide bonds. The van der Waals surface area contributed by atoms with E-state index in [1.165, 1.54) is 61.9 Å². The van der Waals surface area contributed by atoms with Crippen LogP contribution < -0.4 is 0 Å². The van der Waals surface area contributed by atoms with Gasteiger partial charge in [0, 0.05) is 6.04 Å². The summed E-state index contributed by atoms with van der Waals surface area (Å²) in [6.45, 7) is 2.58. The van der Waals surface area contributed by atoms with Crippen LogP contribution in [0.15, 0.2) is 42.5 Å². The molecular formula is C21H22N2. The van der Waals surface area contributed by atoms with Crippen LogP contribution in [0, 0.1) is 11.3 Å². The van der Waals surface area contributed by atoms with E-state index in [-0.39, 0.29) is 0 Å². The molecule has 1 fully saturated rings. The van der Waals surface area contributed by atoms with Crippen LogP contribution >= 0.6 is 0 Å². The zero-order chi connectivity index (χ0) is 15.6. The van der Waals surface area contributed by atoms with Gasteiger partial charge in [-0.05, 0) is 79.6 Å². The number of aryl methyl sites for hydroxylation is 1. The summed E-state index contributed by atoms with van der Waals surface area (Å²) in [5.74, 6) is 0. The first-order valence-corrected chi connectivity index (χ1v) is 8.70. The number of fused-ring (bicyclic) bond motifs is 1. The first kappa shape index (κ1) is 14.5. The van der Waals surface area contributed by atoms with Crippen LogP contribution in [0.3, 0.4) is 0 Å². The number of hydrogen-bond acceptors (Lipinski definition) is 2. The van der Waals surface area contributed by atoms with Crippen LogP contribution in [0.25, 0.3) is 11.1 Å². The molecular weight excluding hydrogens is 280 g/mol. The van der Waals surface area contributed by atoms with Crippen LogP contribution in [-0.4, -0.2) is 24.0 Å². The maximum atomic E-state index is 9.08. The Morgan fingerprint density at radius 2 is 1.78 bits per heavy atom. The van der Waals surface area contributed by atoms with Gasteiger partial charge in [-0.2, -0.15) is 5.26 Å². The highest BCUT2D eigenvalue weighted by Gasteiger charge is 2.26. The molecule has 0 spiro atoms. The number of benzene rings is 2. The lowest BCUT2D eigenvalue weighted by Gasteiger charge is -2.32. The molecule has 1 aliphatic carbocycles. The van der Waals surface area contributed by atoms with Crippen molar-refractivity contribution in [3.8, 4) is 17.2 Å². The minimum Gasteiger partial charge on any atom is -0.300 e. The lowest BCUT2D eigenvalue weighted by atomic mass is 9.85. The standard InChI is InChI=1S/C21H22N2/c22-15-16-4-3-5-17(12-16)18-6-7-20-14-21(9-8-19(20)13-18)23-10-1-2-11-23/h3-7,12-13,21H,1-2,8-11,14H2. The minimum atomic E-state index is 0.731. The van der Waals surface area contributed by atoms with E-state index in [0.29, 0.717) is 0 Å². The van der Waals surface area contributed by atoms with Crippen molar-refractivity contribution in [3.63, 3.8) is 0 Å². The van der Waals surface area contributed by atoms with Crippen LogP contribution in [0.4, 0.5) is 0 Å². The Labute approximate surface area is 138 Å². The second kappa shape index (κ2) is 6.18. The third-order valence-electron chi connectivity index (χ3n) is 5.39. The van der Waals surface area contributed by atoms with E-state index in [9.17, 15) is 0 Å². The third-order valence-corrected chi connectivity index (χ3v) is 5.39. The fourth-order valence-corrected chi connectivity index (χ4v) is 4.10. The van der Waals surface area contributed by atoms with Crippen molar-refractivity contribution in [1.82, 2.24) is 4.90 Å². The van der Waals surface area contributed by atoms with Gasteiger partial charge in [-0.3, -0.25) is 0 Å². The highest BCUT2D eigenvalue weighted by Crippen LogP contribution is 2.30. The molecule has 1 heterocycles. The van der Waals surface area contributed by atoms with Crippen LogP contribution in [-0.2, 0) is 12.8 Å². The van der Waals surface area contributed by atoms with Crippen molar-refractivity contribution in [2.24, 2.45) is 0 Å². The molecule has 23 heavy (non-hydrogen) atoms. The molecule has 2 nitrogen and oxygen atoms in total. The number of nitrogens with zero attached hydrogens (tertiary/aromatic N) is 2. The summed E-state index contributed by atoms with van der Waals surface area (Å²) in [6, 6.07) is 17.8. The Bertz CT molecular complexity index is 751. The third kappa shape index (κ3) is 2.90. The summed E-state index contributed by atoms with van der Waals surface area (Å²) >= 11 is 0. The SMILES string of the molecule is N#Cc1cccc(-c2ccc3c(c2)CCC(N2CCCC2)C3)c1. The molecule has 1 atom stereocenters. The van der Waals surface area contributed by atoms with Gasteiger partial charge in [0.1, 0.15) is 0 Å². The topological polar surface area (TPSA) is 27.0 Å². The molecule has 2 heteroatoms. The minimum absolute atomic E-state index is 0.731. The summed E-state index contributed by atoms with van der Waals surface area (Å²) in [5, 5.41) is 9.08. The van der Waals surface area contributed by atoms with Gasteiger partial charge >= 0.3 is 0 Å². The molecule has 116 valence electrons. The molecule has 0 N–H and O–H groups in total. The van der Waals surface area contributed by atoms with Crippen molar-refractivity contribution in [3.05, 3.63) is 59.2 Å². The predicted molar refractivity (Wildman–Crippen MR) is 93.2 cm³/mol. The number of nitriles is 1. The molecule has 2 aromatic carbocycles. The zero-order valence-electron chi connectivity index (χ0n) is 13.5. The second-order valence-electron chi connectivity index (χ2n) is 6.82. The fraction of sp³-hybridized carbons (Fsp3) is 0.381. The highest BCUT2D eigenvalue weighted by molar-refractivity contribution is 5.66. The van der Waals surface area contributed by atoms with E-state index in [2.05, 4.69) is 35.2 Å². The van der Waals surface area contributed by atoms with E-state index < -0.39 is 0 Å². The van der Waals surface area contributed by atoms with Crippen LogP contribution in [0.1, 0.15) is 36.0 Å². The van der Waals surface area contributed by atoms with Crippen molar-refractivity contribution in [2.75, 3.05) is 13.1 Å². The maximum Gasteiger partial charge on any atom is 0.0991 e. The molecule has 2 aromatic rings. The average Bonchev–Trinajstić information content (AvgIpc) is 3.15. The molecule has 0 saturated carbocycles. The summed E-state index contributed by atoms with van der Waals surface area (Å²) in [5.41, 5.74) is 6.14. The maximum absolute atomic E-state index is 9.08.